The summed E-state index contributed by atoms with van der Waals surface area (Å²) < 4.78 is 17.5. The molecule has 0 radical (unpaired) electrons. The van der Waals surface area contributed by atoms with Gasteiger partial charge < -0.3 is 18.8 Å². The topological polar surface area (TPSA) is 64.8 Å². The van der Waals surface area contributed by atoms with Gasteiger partial charge in [0.1, 0.15) is 0 Å². The van der Waals surface area contributed by atoms with Crippen LogP contribution < -0.4 is 4.74 Å². The zero-order chi connectivity index (χ0) is 18.0. The fraction of sp³-hybridized carbons (Fsp3) is 0.500. The number of aryl methyl sites for hydroxylation is 1. The number of nitrogens with zero attached hydrogens (tertiary/aromatic N) is 2. The number of pyridine rings is 1. The van der Waals surface area contributed by atoms with Crippen LogP contribution in [0.5, 0.6) is 5.88 Å². The van der Waals surface area contributed by atoms with Crippen LogP contribution in [0, 0.1) is 12.3 Å². The molecule has 138 valence electrons. The molecule has 2 fully saturated rings. The molecule has 2 saturated heterocycles. The Hall–Kier alpha value is -2.34. The van der Waals surface area contributed by atoms with E-state index in [0.717, 1.165) is 31.4 Å². The first-order chi connectivity index (χ1) is 12.7. The number of aromatic nitrogens is 1. The summed E-state index contributed by atoms with van der Waals surface area (Å²) in [6, 6.07) is 7.45. The molecule has 0 aromatic carbocycles. The lowest BCUT2D eigenvalue weighted by Crippen LogP contribution is -2.58. The highest BCUT2D eigenvalue weighted by molar-refractivity contribution is 5.93. The molecule has 0 bridgehead atoms. The Bertz CT molecular complexity index is 760. The van der Waals surface area contributed by atoms with Crippen molar-refractivity contribution in [3.05, 3.63) is 48.0 Å². The highest BCUT2D eigenvalue weighted by atomic mass is 16.5. The minimum atomic E-state index is -0.204. The summed E-state index contributed by atoms with van der Waals surface area (Å²) >= 11 is 0. The Morgan fingerprint density at radius 2 is 2.35 bits per heavy atom. The lowest BCUT2D eigenvalue weighted by atomic mass is 9.73. The molecule has 4 heterocycles. The van der Waals surface area contributed by atoms with Gasteiger partial charge in [0.05, 0.1) is 19.0 Å². The molecule has 26 heavy (non-hydrogen) atoms. The number of hydrogen-bond acceptors (Lipinski definition) is 5. The van der Waals surface area contributed by atoms with E-state index in [4.69, 9.17) is 13.9 Å². The van der Waals surface area contributed by atoms with Gasteiger partial charge >= 0.3 is 0 Å². The molecule has 0 spiro atoms. The molecule has 2 aliphatic heterocycles. The molecule has 2 aromatic heterocycles. The molecule has 2 aromatic rings. The zero-order valence-electron chi connectivity index (χ0n) is 15.0. The van der Waals surface area contributed by atoms with Gasteiger partial charge in [0.2, 0.25) is 5.88 Å². The van der Waals surface area contributed by atoms with Crippen molar-refractivity contribution in [3.63, 3.8) is 0 Å². The predicted molar refractivity (Wildman–Crippen MR) is 95.1 cm³/mol. The number of likely N-dealkylation sites (tertiary alicyclic amines) is 1. The fourth-order valence-corrected chi connectivity index (χ4v) is 4.06. The largest absolute Gasteiger partial charge is 0.477 e. The third-order valence-corrected chi connectivity index (χ3v) is 5.48. The first-order valence-electron chi connectivity index (χ1n) is 9.17. The Balaban J connectivity index is 1.53. The van der Waals surface area contributed by atoms with Crippen molar-refractivity contribution < 1.29 is 18.7 Å². The average molecular weight is 356 g/mol. The predicted octanol–water partition coefficient (Wildman–Crippen LogP) is 3.07. The van der Waals surface area contributed by atoms with E-state index >= 15 is 0 Å². The maximum absolute atomic E-state index is 12.9. The first-order valence-corrected chi connectivity index (χ1v) is 9.17. The summed E-state index contributed by atoms with van der Waals surface area (Å²) in [6.45, 7) is 4.46. The molecule has 2 atom stereocenters. The van der Waals surface area contributed by atoms with Crippen LogP contribution in [0.3, 0.4) is 0 Å². The Labute approximate surface area is 153 Å². The number of furan rings is 1. The second kappa shape index (κ2) is 7.11. The summed E-state index contributed by atoms with van der Waals surface area (Å²) in [6.07, 6.45) is 6.17. The van der Waals surface area contributed by atoms with Crippen molar-refractivity contribution in [1.29, 1.82) is 0 Å². The molecule has 0 unspecified atom stereocenters. The average Bonchev–Trinajstić information content (AvgIpc) is 3.12. The van der Waals surface area contributed by atoms with Crippen LogP contribution in [-0.4, -0.2) is 48.2 Å². The fourth-order valence-electron chi connectivity index (χ4n) is 4.06. The van der Waals surface area contributed by atoms with Crippen LogP contribution in [0.2, 0.25) is 0 Å². The van der Waals surface area contributed by atoms with E-state index in [1.807, 2.05) is 36.1 Å². The van der Waals surface area contributed by atoms with E-state index in [2.05, 4.69) is 4.98 Å². The number of piperidine rings is 1. The molecular weight excluding hydrogens is 332 g/mol. The molecule has 0 N–H and O–H groups in total. The van der Waals surface area contributed by atoms with Gasteiger partial charge in [-0.05, 0) is 38.3 Å². The Morgan fingerprint density at radius 3 is 3.12 bits per heavy atom. The lowest BCUT2D eigenvalue weighted by Gasteiger charge is -2.49. The van der Waals surface area contributed by atoms with Gasteiger partial charge in [-0.25, -0.2) is 4.98 Å². The third kappa shape index (κ3) is 3.21. The second-order valence-electron chi connectivity index (χ2n) is 7.23. The minimum absolute atomic E-state index is 0.0475. The van der Waals surface area contributed by atoms with Gasteiger partial charge in [0, 0.05) is 42.9 Å². The van der Waals surface area contributed by atoms with Crippen molar-refractivity contribution in [3.8, 4) is 5.88 Å². The molecule has 4 rings (SSSR count). The van der Waals surface area contributed by atoms with E-state index < -0.39 is 0 Å². The Morgan fingerprint density at radius 1 is 1.42 bits per heavy atom. The van der Waals surface area contributed by atoms with Crippen molar-refractivity contribution in [2.24, 2.45) is 5.41 Å². The summed E-state index contributed by atoms with van der Waals surface area (Å²) in [7, 11) is 0. The smallest absolute Gasteiger partial charge is 0.289 e. The van der Waals surface area contributed by atoms with E-state index in [0.29, 0.717) is 31.3 Å². The van der Waals surface area contributed by atoms with Gasteiger partial charge in [-0.3, -0.25) is 4.79 Å². The highest BCUT2D eigenvalue weighted by Gasteiger charge is 2.48. The van der Waals surface area contributed by atoms with Crippen molar-refractivity contribution in [1.82, 2.24) is 9.88 Å². The molecule has 0 aliphatic carbocycles. The standard InChI is InChI=1S/C20H24N2O4/c1-15-7-12-25-18(15)19(23)22-10-6-16-20(13-22,8-4-11-24-16)14-26-17-5-2-3-9-21-17/h2-3,5,7,9,12,16H,4,6,8,10-11,13-14H2,1H3/t16-,20+/m1/s1. The number of amides is 1. The van der Waals surface area contributed by atoms with E-state index in [-0.39, 0.29) is 17.4 Å². The number of rotatable bonds is 4. The highest BCUT2D eigenvalue weighted by Crippen LogP contribution is 2.41. The SMILES string of the molecule is Cc1ccoc1C(=O)N1CC[C@H]2OCCC[C@@]2(COc2ccccn2)C1. The molecule has 2 aliphatic rings. The van der Waals surface area contributed by atoms with Crippen LogP contribution >= 0.6 is 0 Å². The van der Waals surface area contributed by atoms with Crippen LogP contribution in [-0.2, 0) is 4.74 Å². The Kier molecular flexibility index (Phi) is 4.68. The first kappa shape index (κ1) is 17.1. The molecule has 0 saturated carbocycles. The minimum Gasteiger partial charge on any atom is -0.477 e. The van der Waals surface area contributed by atoms with Gasteiger partial charge in [0.25, 0.3) is 5.91 Å². The number of ether oxygens (including phenoxy) is 2. The quantitative estimate of drug-likeness (QED) is 0.842. The third-order valence-electron chi connectivity index (χ3n) is 5.48. The normalized spacial score (nSPS) is 25.6. The van der Waals surface area contributed by atoms with Gasteiger partial charge in [-0.1, -0.05) is 6.07 Å². The second-order valence-corrected chi connectivity index (χ2v) is 7.23. The van der Waals surface area contributed by atoms with Gasteiger partial charge in [-0.15, -0.1) is 0 Å². The molecule has 1 amide bonds. The monoisotopic (exact) mass is 356 g/mol. The lowest BCUT2D eigenvalue weighted by molar-refractivity contribution is -0.133. The van der Waals surface area contributed by atoms with Crippen LogP contribution in [0.25, 0.3) is 0 Å². The molecular formula is C20H24N2O4. The number of hydrogen-bond donors (Lipinski definition) is 0. The van der Waals surface area contributed by atoms with Gasteiger partial charge in [0.15, 0.2) is 5.76 Å². The zero-order valence-corrected chi connectivity index (χ0v) is 15.0. The maximum atomic E-state index is 12.9. The van der Waals surface area contributed by atoms with Crippen molar-refractivity contribution in [2.75, 3.05) is 26.3 Å². The summed E-state index contributed by atoms with van der Waals surface area (Å²) in [5.41, 5.74) is 0.667. The van der Waals surface area contributed by atoms with Crippen LogP contribution in [0.15, 0.2) is 41.1 Å². The van der Waals surface area contributed by atoms with Crippen molar-refractivity contribution >= 4 is 5.91 Å². The molecule has 6 heteroatoms. The van der Waals surface area contributed by atoms with E-state index in [1.165, 1.54) is 0 Å². The van der Waals surface area contributed by atoms with E-state index in [1.54, 1.807) is 12.5 Å². The van der Waals surface area contributed by atoms with E-state index in [9.17, 15) is 4.79 Å². The van der Waals surface area contributed by atoms with Crippen molar-refractivity contribution in [2.45, 2.75) is 32.3 Å². The van der Waals surface area contributed by atoms with Crippen LogP contribution in [0.1, 0.15) is 35.4 Å². The number of fused-ring (bicyclic) bond motifs is 1. The molecule has 6 nitrogen and oxygen atoms in total. The summed E-state index contributed by atoms with van der Waals surface area (Å²) in [4.78, 5) is 19.0. The summed E-state index contributed by atoms with van der Waals surface area (Å²) in [5.74, 6) is 0.992. The van der Waals surface area contributed by atoms with Crippen LogP contribution in [0.4, 0.5) is 0 Å². The number of carbonyl (C=O) groups excluding carboxylic acids is 1. The number of carbonyl (C=O) groups is 1. The van der Waals surface area contributed by atoms with Gasteiger partial charge in [-0.2, -0.15) is 0 Å². The summed E-state index contributed by atoms with van der Waals surface area (Å²) in [5, 5.41) is 0. The maximum Gasteiger partial charge on any atom is 0.289 e.